The predicted octanol–water partition coefficient (Wildman–Crippen LogP) is 2.84. The van der Waals surface area contributed by atoms with E-state index >= 15 is 0 Å². The van der Waals surface area contributed by atoms with Gasteiger partial charge in [0.1, 0.15) is 0 Å². The zero-order valence-corrected chi connectivity index (χ0v) is 18.5. The van der Waals surface area contributed by atoms with Gasteiger partial charge in [0.05, 0.1) is 16.6 Å². The summed E-state index contributed by atoms with van der Waals surface area (Å²) in [6.07, 6.45) is 2.31. The van der Waals surface area contributed by atoms with Gasteiger partial charge >= 0.3 is 0 Å². The summed E-state index contributed by atoms with van der Waals surface area (Å²) in [5.41, 5.74) is 4.67. The second kappa shape index (κ2) is 7.48. The number of amides is 1. The van der Waals surface area contributed by atoms with E-state index in [9.17, 15) is 4.79 Å². The van der Waals surface area contributed by atoms with Crippen molar-refractivity contribution in [1.82, 2.24) is 24.6 Å². The third-order valence-electron chi connectivity index (χ3n) is 6.72. The minimum atomic E-state index is 0.0955. The summed E-state index contributed by atoms with van der Waals surface area (Å²) in [6, 6.07) is 8.14. The minimum absolute atomic E-state index is 0.0955. The summed E-state index contributed by atoms with van der Waals surface area (Å²) in [5.74, 6) is 2.21. The van der Waals surface area contributed by atoms with Gasteiger partial charge in [-0.1, -0.05) is 6.07 Å². The average molecular weight is 434 g/mol. The Kier molecular flexibility index (Phi) is 4.57. The second-order valence-corrected chi connectivity index (χ2v) is 9.03. The fourth-order valence-electron chi connectivity index (χ4n) is 4.80. The standard InChI is InChI=1S/C24H27N5O3/c1-15-22-18(12-19(17-4-5-17)25-23(22)27(2)26-15)24(30)29-9-7-28(8-10-29)13-16-3-6-20-21(11-16)32-14-31-20/h3,6,11-12,17H,4-5,7-10,13-14H2,1-2H3. The second-order valence-electron chi connectivity index (χ2n) is 9.03. The normalized spacial score (nSPS) is 18.5. The molecule has 6 rings (SSSR count). The molecular formula is C24H27N5O3. The molecule has 8 heteroatoms. The van der Waals surface area contributed by atoms with Crippen molar-refractivity contribution >= 4 is 16.9 Å². The Bertz CT molecular complexity index is 1210. The Labute approximate surface area is 186 Å². The zero-order chi connectivity index (χ0) is 21.8. The number of pyridine rings is 1. The number of ether oxygens (including phenoxy) is 2. The molecule has 0 atom stereocenters. The van der Waals surface area contributed by atoms with Crippen LogP contribution >= 0.6 is 0 Å². The van der Waals surface area contributed by atoms with Crippen molar-refractivity contribution in [2.45, 2.75) is 32.2 Å². The lowest BCUT2D eigenvalue weighted by molar-refractivity contribution is 0.0630. The number of benzene rings is 1. The van der Waals surface area contributed by atoms with E-state index in [1.807, 2.05) is 31.0 Å². The summed E-state index contributed by atoms with van der Waals surface area (Å²) in [7, 11) is 1.90. The first kappa shape index (κ1) is 19.5. The molecule has 2 aromatic heterocycles. The number of aryl methyl sites for hydroxylation is 2. The van der Waals surface area contributed by atoms with E-state index in [4.69, 9.17) is 14.5 Å². The number of rotatable bonds is 4. The molecule has 0 bridgehead atoms. The molecule has 8 nitrogen and oxygen atoms in total. The van der Waals surface area contributed by atoms with E-state index in [1.165, 1.54) is 5.56 Å². The van der Waals surface area contributed by atoms with Crippen LogP contribution in [0.1, 0.15) is 46.1 Å². The molecule has 0 radical (unpaired) electrons. The third kappa shape index (κ3) is 3.39. The number of hydrogen-bond donors (Lipinski definition) is 0. The fourth-order valence-corrected chi connectivity index (χ4v) is 4.80. The van der Waals surface area contributed by atoms with E-state index in [-0.39, 0.29) is 5.91 Å². The summed E-state index contributed by atoms with van der Waals surface area (Å²) >= 11 is 0. The van der Waals surface area contributed by atoms with Crippen LogP contribution in [-0.4, -0.2) is 63.4 Å². The predicted molar refractivity (Wildman–Crippen MR) is 119 cm³/mol. The molecule has 1 saturated carbocycles. The molecule has 1 aromatic carbocycles. The van der Waals surface area contributed by atoms with Gasteiger partial charge in [-0.2, -0.15) is 5.10 Å². The highest BCUT2D eigenvalue weighted by atomic mass is 16.7. The van der Waals surface area contributed by atoms with Gasteiger partial charge in [0.2, 0.25) is 6.79 Å². The van der Waals surface area contributed by atoms with Crippen molar-refractivity contribution in [3.05, 3.63) is 46.8 Å². The summed E-state index contributed by atoms with van der Waals surface area (Å²) in [6.45, 7) is 6.20. The van der Waals surface area contributed by atoms with E-state index < -0.39 is 0 Å². The SMILES string of the molecule is Cc1nn(C)c2nc(C3CC3)cc(C(=O)N3CCN(Cc4ccc5c(c4)OCO5)CC3)c12. The molecule has 0 unspecified atom stereocenters. The van der Waals surface area contributed by atoms with Gasteiger partial charge in [-0.05, 0) is 43.5 Å². The van der Waals surface area contributed by atoms with Gasteiger partial charge < -0.3 is 14.4 Å². The first-order valence-corrected chi connectivity index (χ1v) is 11.3. The summed E-state index contributed by atoms with van der Waals surface area (Å²) < 4.78 is 12.7. The van der Waals surface area contributed by atoms with E-state index in [0.29, 0.717) is 25.8 Å². The van der Waals surface area contributed by atoms with Crippen LogP contribution < -0.4 is 9.47 Å². The number of aromatic nitrogens is 3. The zero-order valence-electron chi connectivity index (χ0n) is 18.5. The van der Waals surface area contributed by atoms with Crippen molar-refractivity contribution in [1.29, 1.82) is 0 Å². The van der Waals surface area contributed by atoms with E-state index in [0.717, 1.165) is 72.0 Å². The van der Waals surface area contributed by atoms with Crippen molar-refractivity contribution < 1.29 is 14.3 Å². The van der Waals surface area contributed by atoms with Crippen LogP contribution in [0.2, 0.25) is 0 Å². The molecule has 2 fully saturated rings. The van der Waals surface area contributed by atoms with Crippen LogP contribution in [0.3, 0.4) is 0 Å². The summed E-state index contributed by atoms with van der Waals surface area (Å²) in [5, 5.41) is 5.43. The van der Waals surface area contributed by atoms with Gasteiger partial charge in [-0.3, -0.25) is 14.4 Å². The van der Waals surface area contributed by atoms with Gasteiger partial charge in [-0.15, -0.1) is 0 Å². The molecule has 0 N–H and O–H groups in total. The molecule has 3 aromatic rings. The monoisotopic (exact) mass is 433 g/mol. The lowest BCUT2D eigenvalue weighted by Gasteiger charge is -2.35. The maximum atomic E-state index is 13.6. The molecule has 0 spiro atoms. The molecular weight excluding hydrogens is 406 g/mol. The minimum Gasteiger partial charge on any atom is -0.454 e. The van der Waals surface area contributed by atoms with Crippen LogP contribution in [0.5, 0.6) is 11.5 Å². The van der Waals surface area contributed by atoms with E-state index in [1.54, 1.807) is 4.68 Å². The molecule has 1 saturated heterocycles. The smallest absolute Gasteiger partial charge is 0.254 e. The Morgan fingerprint density at radius 3 is 2.66 bits per heavy atom. The highest BCUT2D eigenvalue weighted by Crippen LogP contribution is 2.40. The maximum Gasteiger partial charge on any atom is 0.254 e. The molecule has 1 aliphatic carbocycles. The average Bonchev–Trinajstić information content (AvgIpc) is 3.48. The third-order valence-corrected chi connectivity index (χ3v) is 6.72. The highest BCUT2D eigenvalue weighted by molar-refractivity contribution is 6.06. The molecule has 1 amide bonds. The first-order chi connectivity index (χ1) is 15.6. The number of carbonyl (C=O) groups is 1. The number of carbonyl (C=O) groups excluding carboxylic acids is 1. The Balaban J connectivity index is 1.19. The number of fused-ring (bicyclic) bond motifs is 2. The fraction of sp³-hybridized carbons (Fsp3) is 0.458. The van der Waals surface area contributed by atoms with Gasteiger partial charge in [0.15, 0.2) is 17.1 Å². The van der Waals surface area contributed by atoms with Crippen LogP contribution in [0.15, 0.2) is 24.3 Å². The van der Waals surface area contributed by atoms with Gasteiger partial charge in [0.25, 0.3) is 5.91 Å². The Hall–Kier alpha value is -3.13. The van der Waals surface area contributed by atoms with Crippen molar-refractivity contribution in [2.75, 3.05) is 33.0 Å². The molecule has 32 heavy (non-hydrogen) atoms. The topological polar surface area (TPSA) is 72.7 Å². The van der Waals surface area contributed by atoms with Crippen molar-refractivity contribution in [3.8, 4) is 11.5 Å². The van der Waals surface area contributed by atoms with Gasteiger partial charge in [0, 0.05) is 51.4 Å². The first-order valence-electron chi connectivity index (χ1n) is 11.3. The maximum absolute atomic E-state index is 13.6. The Morgan fingerprint density at radius 1 is 1.09 bits per heavy atom. The van der Waals surface area contributed by atoms with Gasteiger partial charge in [-0.25, -0.2) is 4.98 Å². The molecule has 4 heterocycles. The highest BCUT2D eigenvalue weighted by Gasteiger charge is 2.30. The van der Waals surface area contributed by atoms with Crippen LogP contribution in [-0.2, 0) is 13.6 Å². The number of nitrogens with zero attached hydrogens (tertiary/aromatic N) is 5. The molecule has 166 valence electrons. The lowest BCUT2D eigenvalue weighted by atomic mass is 10.1. The van der Waals surface area contributed by atoms with Crippen LogP contribution in [0.4, 0.5) is 0 Å². The quantitative estimate of drug-likeness (QED) is 0.630. The lowest BCUT2D eigenvalue weighted by Crippen LogP contribution is -2.48. The summed E-state index contributed by atoms with van der Waals surface area (Å²) in [4.78, 5) is 22.8. The Morgan fingerprint density at radius 2 is 1.88 bits per heavy atom. The number of piperazine rings is 1. The van der Waals surface area contributed by atoms with Crippen LogP contribution in [0.25, 0.3) is 11.0 Å². The van der Waals surface area contributed by atoms with Crippen molar-refractivity contribution in [3.63, 3.8) is 0 Å². The molecule has 3 aliphatic rings. The van der Waals surface area contributed by atoms with Crippen molar-refractivity contribution in [2.24, 2.45) is 7.05 Å². The number of hydrogen-bond acceptors (Lipinski definition) is 6. The van der Waals surface area contributed by atoms with E-state index in [2.05, 4.69) is 22.1 Å². The van der Waals surface area contributed by atoms with Crippen LogP contribution in [0, 0.1) is 6.92 Å². The largest absolute Gasteiger partial charge is 0.454 e. The molecule has 2 aliphatic heterocycles.